The molecule has 0 amide bonds. The summed E-state index contributed by atoms with van der Waals surface area (Å²) in [6.45, 7) is 9.31. The van der Waals surface area contributed by atoms with Gasteiger partial charge in [-0.1, -0.05) is 33.8 Å². The van der Waals surface area contributed by atoms with Gasteiger partial charge in [0.15, 0.2) is 0 Å². The maximum Gasteiger partial charge on any atom is 0.119 e. The molecule has 0 unspecified atom stereocenters. The second-order valence-electron chi connectivity index (χ2n) is 4.93. The Morgan fingerprint density at radius 3 is 2.31 bits per heavy atom. The highest BCUT2D eigenvalue weighted by atomic mass is 16.5. The summed E-state index contributed by atoms with van der Waals surface area (Å²) in [5.41, 5.74) is 2.13. The van der Waals surface area contributed by atoms with Crippen LogP contribution in [-0.4, -0.2) is 11.7 Å². The zero-order chi connectivity index (χ0) is 12.1. The maximum absolute atomic E-state index is 9.19. The lowest BCUT2D eigenvalue weighted by atomic mass is 10.0. The van der Waals surface area contributed by atoms with Crippen molar-refractivity contribution in [2.45, 2.75) is 40.2 Å². The summed E-state index contributed by atoms with van der Waals surface area (Å²) in [6.07, 6.45) is 0. The minimum absolute atomic E-state index is 0.0681. The first-order valence-electron chi connectivity index (χ1n) is 5.90. The van der Waals surface area contributed by atoms with Gasteiger partial charge in [-0.2, -0.15) is 0 Å². The molecule has 0 heterocycles. The van der Waals surface area contributed by atoms with Gasteiger partial charge in [0.1, 0.15) is 5.75 Å². The van der Waals surface area contributed by atoms with Gasteiger partial charge in [-0.3, -0.25) is 0 Å². The van der Waals surface area contributed by atoms with E-state index in [1.807, 2.05) is 12.1 Å². The molecule has 1 aromatic carbocycles. The molecule has 1 N–H and O–H groups in total. The summed E-state index contributed by atoms with van der Waals surface area (Å²) in [4.78, 5) is 0. The Kier molecular flexibility index (Phi) is 4.81. The lowest BCUT2D eigenvalue weighted by Crippen LogP contribution is -2.05. The largest absolute Gasteiger partial charge is 0.493 e. The van der Waals surface area contributed by atoms with Crippen LogP contribution in [0.2, 0.25) is 0 Å². The Morgan fingerprint density at radius 1 is 1.12 bits per heavy atom. The molecule has 2 heteroatoms. The first-order valence-corrected chi connectivity index (χ1v) is 5.90. The standard InChI is InChI=1S/C14H22O2/c1-10(2)9-16-14-6-12(8-15)5-13(7-14)11(3)4/h5-7,10-11,15H,8-9H2,1-4H3. The first kappa shape index (κ1) is 13.0. The van der Waals surface area contributed by atoms with Gasteiger partial charge in [0.05, 0.1) is 13.2 Å². The SMILES string of the molecule is CC(C)COc1cc(CO)cc(C(C)C)c1. The molecule has 0 saturated heterocycles. The summed E-state index contributed by atoms with van der Waals surface area (Å²) in [6, 6.07) is 6.01. The van der Waals surface area contributed by atoms with E-state index in [-0.39, 0.29) is 6.61 Å². The molecule has 0 bridgehead atoms. The van der Waals surface area contributed by atoms with Gasteiger partial charge in [-0.15, -0.1) is 0 Å². The average molecular weight is 222 g/mol. The van der Waals surface area contributed by atoms with Crippen molar-refractivity contribution in [2.75, 3.05) is 6.61 Å². The van der Waals surface area contributed by atoms with Crippen LogP contribution in [0.1, 0.15) is 44.7 Å². The molecule has 0 atom stereocenters. The highest BCUT2D eigenvalue weighted by Crippen LogP contribution is 2.23. The van der Waals surface area contributed by atoms with E-state index in [0.29, 0.717) is 18.4 Å². The van der Waals surface area contributed by atoms with Gasteiger partial charge >= 0.3 is 0 Å². The summed E-state index contributed by atoms with van der Waals surface area (Å²) in [5.74, 6) is 1.83. The van der Waals surface area contributed by atoms with Crippen molar-refractivity contribution >= 4 is 0 Å². The van der Waals surface area contributed by atoms with Crippen molar-refractivity contribution in [1.82, 2.24) is 0 Å². The molecule has 0 aliphatic carbocycles. The van der Waals surface area contributed by atoms with Crippen molar-refractivity contribution in [2.24, 2.45) is 5.92 Å². The molecule has 0 fully saturated rings. The fraction of sp³-hybridized carbons (Fsp3) is 0.571. The molecular weight excluding hydrogens is 200 g/mol. The van der Waals surface area contributed by atoms with E-state index in [4.69, 9.17) is 4.74 Å². The fourth-order valence-corrected chi connectivity index (χ4v) is 1.46. The number of rotatable bonds is 5. The number of aliphatic hydroxyl groups is 1. The highest BCUT2D eigenvalue weighted by Gasteiger charge is 2.05. The molecule has 16 heavy (non-hydrogen) atoms. The third-order valence-corrected chi connectivity index (χ3v) is 2.42. The molecule has 0 saturated carbocycles. The molecule has 0 aliphatic rings. The van der Waals surface area contributed by atoms with Crippen LogP contribution in [0.25, 0.3) is 0 Å². The van der Waals surface area contributed by atoms with Crippen molar-refractivity contribution in [3.8, 4) is 5.75 Å². The zero-order valence-corrected chi connectivity index (χ0v) is 10.7. The third-order valence-electron chi connectivity index (χ3n) is 2.42. The number of hydrogen-bond donors (Lipinski definition) is 1. The second-order valence-corrected chi connectivity index (χ2v) is 4.93. The minimum Gasteiger partial charge on any atom is -0.493 e. The van der Waals surface area contributed by atoms with Crippen molar-refractivity contribution in [1.29, 1.82) is 0 Å². The van der Waals surface area contributed by atoms with Crippen LogP contribution in [0.4, 0.5) is 0 Å². The van der Waals surface area contributed by atoms with Gasteiger partial charge in [0.25, 0.3) is 0 Å². The van der Waals surface area contributed by atoms with Gasteiger partial charge in [0, 0.05) is 0 Å². The molecule has 0 radical (unpaired) electrons. The van der Waals surface area contributed by atoms with E-state index < -0.39 is 0 Å². The Labute approximate surface area is 98.3 Å². The second kappa shape index (κ2) is 5.90. The van der Waals surface area contributed by atoms with Gasteiger partial charge < -0.3 is 9.84 Å². The Morgan fingerprint density at radius 2 is 1.81 bits per heavy atom. The van der Waals surface area contributed by atoms with Crippen LogP contribution in [0.3, 0.4) is 0 Å². The van der Waals surface area contributed by atoms with E-state index in [2.05, 4.69) is 33.8 Å². The van der Waals surface area contributed by atoms with Gasteiger partial charge in [-0.05, 0) is 35.1 Å². The molecule has 0 aromatic heterocycles. The predicted octanol–water partition coefficient (Wildman–Crippen LogP) is 3.34. The lowest BCUT2D eigenvalue weighted by Gasteiger charge is -2.13. The van der Waals surface area contributed by atoms with Gasteiger partial charge in [0.2, 0.25) is 0 Å². The first-order chi connectivity index (χ1) is 7.52. The van der Waals surface area contributed by atoms with Crippen LogP contribution in [-0.2, 0) is 6.61 Å². The lowest BCUT2D eigenvalue weighted by molar-refractivity contribution is 0.265. The summed E-state index contributed by atoms with van der Waals surface area (Å²) < 4.78 is 5.69. The topological polar surface area (TPSA) is 29.5 Å². The number of ether oxygens (including phenoxy) is 1. The Balaban J connectivity index is 2.86. The Bertz CT molecular complexity index is 330. The van der Waals surface area contributed by atoms with E-state index in [9.17, 15) is 5.11 Å². The Hall–Kier alpha value is -1.02. The number of aliphatic hydroxyl groups excluding tert-OH is 1. The molecule has 2 nitrogen and oxygen atoms in total. The summed E-state index contributed by atoms with van der Waals surface area (Å²) >= 11 is 0. The van der Waals surface area contributed by atoms with Crippen LogP contribution in [0, 0.1) is 5.92 Å². The third kappa shape index (κ3) is 3.86. The molecule has 90 valence electrons. The summed E-state index contributed by atoms with van der Waals surface area (Å²) in [5, 5.41) is 9.19. The summed E-state index contributed by atoms with van der Waals surface area (Å²) in [7, 11) is 0. The van der Waals surface area contributed by atoms with Crippen molar-refractivity contribution < 1.29 is 9.84 Å². The quantitative estimate of drug-likeness (QED) is 0.828. The van der Waals surface area contributed by atoms with Crippen LogP contribution in [0.15, 0.2) is 18.2 Å². The highest BCUT2D eigenvalue weighted by molar-refractivity contribution is 5.35. The average Bonchev–Trinajstić information content (AvgIpc) is 2.25. The molecule has 1 aromatic rings. The monoisotopic (exact) mass is 222 g/mol. The van der Waals surface area contributed by atoms with Crippen LogP contribution >= 0.6 is 0 Å². The van der Waals surface area contributed by atoms with Crippen LogP contribution in [0.5, 0.6) is 5.75 Å². The van der Waals surface area contributed by atoms with E-state index in [1.165, 1.54) is 5.56 Å². The zero-order valence-electron chi connectivity index (χ0n) is 10.7. The molecular formula is C14H22O2. The smallest absolute Gasteiger partial charge is 0.119 e. The fourth-order valence-electron chi connectivity index (χ4n) is 1.46. The van der Waals surface area contributed by atoms with Crippen molar-refractivity contribution in [3.05, 3.63) is 29.3 Å². The minimum atomic E-state index is 0.0681. The van der Waals surface area contributed by atoms with E-state index in [1.54, 1.807) is 0 Å². The van der Waals surface area contributed by atoms with E-state index >= 15 is 0 Å². The number of hydrogen-bond acceptors (Lipinski definition) is 2. The molecule has 1 rings (SSSR count). The number of benzene rings is 1. The normalized spacial score (nSPS) is 11.2. The molecule has 0 spiro atoms. The van der Waals surface area contributed by atoms with Crippen molar-refractivity contribution in [3.63, 3.8) is 0 Å². The van der Waals surface area contributed by atoms with Crippen LogP contribution < -0.4 is 4.74 Å². The van der Waals surface area contributed by atoms with E-state index in [0.717, 1.165) is 11.3 Å². The molecule has 0 aliphatic heterocycles. The van der Waals surface area contributed by atoms with Gasteiger partial charge in [-0.25, -0.2) is 0 Å². The predicted molar refractivity (Wildman–Crippen MR) is 66.8 cm³/mol. The maximum atomic E-state index is 9.19.